The molecule has 4 nitrogen and oxygen atoms in total. The molecule has 0 bridgehead atoms. The van der Waals surface area contributed by atoms with Gasteiger partial charge in [-0.3, -0.25) is 0 Å². The molecule has 0 spiro atoms. The smallest absolute Gasteiger partial charge is 0.231 e. The average Bonchev–Trinajstić information content (AvgIpc) is 3.09. The molecule has 0 saturated carbocycles. The molecule has 2 heterocycles. The Morgan fingerprint density at radius 3 is 3.00 bits per heavy atom. The third kappa shape index (κ3) is 2.50. The van der Waals surface area contributed by atoms with Crippen LogP contribution in [0, 0.1) is 0 Å². The van der Waals surface area contributed by atoms with Gasteiger partial charge in [0, 0.05) is 11.6 Å². The van der Waals surface area contributed by atoms with E-state index >= 15 is 0 Å². The maximum atomic E-state index is 5.99. The van der Waals surface area contributed by atoms with E-state index in [2.05, 4.69) is 10.3 Å². The minimum Gasteiger partial charge on any atom is -0.454 e. The molecule has 1 aromatic heterocycles. The standard InChI is InChI=1S/C15H11ClN2O2S/c16-10-2-3-11-14(6-10)21-15(18-11)17-7-9-1-4-12-13(5-9)20-8-19-12/h1-6H,7-8H2,(H,17,18). The number of hydrogen-bond acceptors (Lipinski definition) is 5. The number of fused-ring (bicyclic) bond motifs is 2. The summed E-state index contributed by atoms with van der Waals surface area (Å²) in [4.78, 5) is 4.53. The van der Waals surface area contributed by atoms with Crippen molar-refractivity contribution in [1.29, 1.82) is 0 Å². The molecule has 0 aliphatic carbocycles. The molecule has 0 atom stereocenters. The molecule has 0 unspecified atom stereocenters. The fraction of sp³-hybridized carbons (Fsp3) is 0.133. The van der Waals surface area contributed by atoms with E-state index in [1.807, 2.05) is 36.4 Å². The predicted molar refractivity (Wildman–Crippen MR) is 84.5 cm³/mol. The van der Waals surface area contributed by atoms with Crippen LogP contribution in [0.2, 0.25) is 5.02 Å². The van der Waals surface area contributed by atoms with E-state index in [4.69, 9.17) is 21.1 Å². The highest BCUT2D eigenvalue weighted by atomic mass is 35.5. The van der Waals surface area contributed by atoms with Crippen LogP contribution in [-0.2, 0) is 6.54 Å². The molecule has 0 radical (unpaired) electrons. The lowest BCUT2D eigenvalue weighted by Gasteiger charge is -2.04. The van der Waals surface area contributed by atoms with Crippen LogP contribution in [0.1, 0.15) is 5.56 Å². The molecule has 1 N–H and O–H groups in total. The number of halogens is 1. The third-order valence-electron chi connectivity index (χ3n) is 3.23. The Balaban J connectivity index is 1.52. The first-order valence-corrected chi connectivity index (χ1v) is 7.66. The van der Waals surface area contributed by atoms with E-state index in [0.717, 1.165) is 37.4 Å². The van der Waals surface area contributed by atoms with Crippen molar-refractivity contribution in [3.8, 4) is 11.5 Å². The quantitative estimate of drug-likeness (QED) is 0.782. The Morgan fingerprint density at radius 1 is 1.14 bits per heavy atom. The summed E-state index contributed by atoms with van der Waals surface area (Å²) in [5.41, 5.74) is 2.08. The molecular weight excluding hydrogens is 308 g/mol. The van der Waals surface area contributed by atoms with Crippen LogP contribution < -0.4 is 14.8 Å². The third-order valence-corrected chi connectivity index (χ3v) is 4.44. The topological polar surface area (TPSA) is 43.4 Å². The van der Waals surface area contributed by atoms with Crippen molar-refractivity contribution in [3.05, 3.63) is 47.0 Å². The van der Waals surface area contributed by atoms with Gasteiger partial charge in [-0.15, -0.1) is 0 Å². The summed E-state index contributed by atoms with van der Waals surface area (Å²) in [6, 6.07) is 11.6. The minimum absolute atomic E-state index is 0.296. The van der Waals surface area contributed by atoms with E-state index in [1.54, 1.807) is 11.3 Å². The highest BCUT2D eigenvalue weighted by Gasteiger charge is 2.13. The van der Waals surface area contributed by atoms with Gasteiger partial charge >= 0.3 is 0 Å². The van der Waals surface area contributed by atoms with Gasteiger partial charge in [0.15, 0.2) is 16.6 Å². The molecule has 4 rings (SSSR count). The number of thiazole rings is 1. The minimum atomic E-state index is 0.296. The lowest BCUT2D eigenvalue weighted by Crippen LogP contribution is -1.98. The van der Waals surface area contributed by atoms with Crippen LogP contribution in [0.3, 0.4) is 0 Å². The van der Waals surface area contributed by atoms with Crippen molar-refractivity contribution in [1.82, 2.24) is 4.98 Å². The van der Waals surface area contributed by atoms with Gasteiger partial charge in [0.05, 0.1) is 10.2 Å². The molecule has 106 valence electrons. The Hall–Kier alpha value is -1.98. The zero-order valence-electron chi connectivity index (χ0n) is 10.9. The van der Waals surface area contributed by atoms with Crippen molar-refractivity contribution in [2.24, 2.45) is 0 Å². The summed E-state index contributed by atoms with van der Waals surface area (Å²) in [6.45, 7) is 0.981. The number of benzene rings is 2. The SMILES string of the molecule is Clc1ccc2nc(NCc3ccc4c(c3)OCO4)sc2c1. The van der Waals surface area contributed by atoms with Crippen molar-refractivity contribution >= 4 is 38.3 Å². The Bertz CT molecular complexity index is 819. The first-order valence-electron chi connectivity index (χ1n) is 6.46. The van der Waals surface area contributed by atoms with Crippen molar-refractivity contribution in [3.63, 3.8) is 0 Å². The molecule has 6 heteroatoms. The van der Waals surface area contributed by atoms with Gasteiger partial charge < -0.3 is 14.8 Å². The summed E-state index contributed by atoms with van der Waals surface area (Å²) in [6.07, 6.45) is 0. The number of ether oxygens (including phenoxy) is 2. The summed E-state index contributed by atoms with van der Waals surface area (Å²) < 4.78 is 11.8. The van der Waals surface area contributed by atoms with Crippen LogP contribution in [0.5, 0.6) is 11.5 Å². The molecule has 1 aliphatic rings. The fourth-order valence-corrected chi connectivity index (χ4v) is 3.34. The van der Waals surface area contributed by atoms with E-state index in [0.29, 0.717) is 13.3 Å². The van der Waals surface area contributed by atoms with Crippen LogP contribution in [0.4, 0.5) is 5.13 Å². The monoisotopic (exact) mass is 318 g/mol. The van der Waals surface area contributed by atoms with Gasteiger partial charge in [0.25, 0.3) is 0 Å². The van der Waals surface area contributed by atoms with Crippen LogP contribution in [0.15, 0.2) is 36.4 Å². The summed E-state index contributed by atoms with van der Waals surface area (Å²) in [5.74, 6) is 1.60. The molecule has 0 saturated heterocycles. The molecular formula is C15H11ClN2O2S. The van der Waals surface area contributed by atoms with Crippen LogP contribution in [0.25, 0.3) is 10.2 Å². The number of hydrogen-bond donors (Lipinski definition) is 1. The van der Waals surface area contributed by atoms with Gasteiger partial charge in [-0.25, -0.2) is 4.98 Å². The lowest BCUT2D eigenvalue weighted by atomic mass is 10.2. The maximum Gasteiger partial charge on any atom is 0.231 e. The molecule has 0 fully saturated rings. The Morgan fingerprint density at radius 2 is 2.05 bits per heavy atom. The van der Waals surface area contributed by atoms with E-state index in [9.17, 15) is 0 Å². The normalized spacial score (nSPS) is 12.8. The summed E-state index contributed by atoms with van der Waals surface area (Å²) in [7, 11) is 0. The number of anilines is 1. The second-order valence-corrected chi connectivity index (χ2v) is 6.14. The van der Waals surface area contributed by atoms with E-state index in [-0.39, 0.29) is 0 Å². The largest absolute Gasteiger partial charge is 0.454 e. The highest BCUT2D eigenvalue weighted by molar-refractivity contribution is 7.22. The Kier molecular flexibility index (Phi) is 3.09. The first kappa shape index (κ1) is 12.7. The Labute approximate surface area is 130 Å². The van der Waals surface area contributed by atoms with Gasteiger partial charge in [-0.05, 0) is 35.9 Å². The van der Waals surface area contributed by atoms with Crippen LogP contribution >= 0.6 is 22.9 Å². The average molecular weight is 319 g/mol. The zero-order chi connectivity index (χ0) is 14.2. The fourth-order valence-electron chi connectivity index (χ4n) is 2.20. The maximum absolute atomic E-state index is 5.99. The second-order valence-electron chi connectivity index (χ2n) is 4.67. The summed E-state index contributed by atoms with van der Waals surface area (Å²) >= 11 is 7.58. The molecule has 3 aromatic rings. The molecule has 1 aliphatic heterocycles. The zero-order valence-corrected chi connectivity index (χ0v) is 12.5. The van der Waals surface area contributed by atoms with E-state index in [1.165, 1.54) is 0 Å². The number of rotatable bonds is 3. The molecule has 2 aromatic carbocycles. The lowest BCUT2D eigenvalue weighted by molar-refractivity contribution is 0.174. The predicted octanol–water partition coefficient (Wildman–Crippen LogP) is 4.29. The summed E-state index contributed by atoms with van der Waals surface area (Å²) in [5, 5.41) is 4.94. The second kappa shape index (κ2) is 5.09. The van der Waals surface area contributed by atoms with Gasteiger partial charge in [0.1, 0.15) is 0 Å². The first-order chi connectivity index (χ1) is 10.3. The number of nitrogens with one attached hydrogen (secondary N) is 1. The van der Waals surface area contributed by atoms with E-state index < -0.39 is 0 Å². The van der Waals surface area contributed by atoms with Crippen LogP contribution in [-0.4, -0.2) is 11.8 Å². The van der Waals surface area contributed by atoms with Gasteiger partial charge in [-0.2, -0.15) is 0 Å². The molecule has 21 heavy (non-hydrogen) atoms. The van der Waals surface area contributed by atoms with Crippen molar-refractivity contribution in [2.75, 3.05) is 12.1 Å². The number of nitrogens with zero attached hydrogens (tertiary/aromatic N) is 1. The van der Waals surface area contributed by atoms with Gasteiger partial charge in [-0.1, -0.05) is 29.0 Å². The number of aromatic nitrogens is 1. The van der Waals surface area contributed by atoms with Crippen molar-refractivity contribution < 1.29 is 9.47 Å². The molecule has 0 amide bonds. The van der Waals surface area contributed by atoms with Crippen molar-refractivity contribution in [2.45, 2.75) is 6.54 Å². The van der Waals surface area contributed by atoms with Gasteiger partial charge in [0.2, 0.25) is 6.79 Å². The highest BCUT2D eigenvalue weighted by Crippen LogP contribution is 2.33.